The normalized spacial score (nSPS) is 17.5. The van der Waals surface area contributed by atoms with Crippen molar-refractivity contribution in [3.63, 3.8) is 0 Å². The number of hydrogen-bond donors (Lipinski definition) is 2. The molecule has 27 heavy (non-hydrogen) atoms. The van der Waals surface area contributed by atoms with Gasteiger partial charge in [-0.25, -0.2) is 9.18 Å². The lowest BCUT2D eigenvalue weighted by atomic mass is 10.1. The maximum Gasteiger partial charge on any atom is 0.326 e. The molecular weight excluding hydrogens is 357 g/mol. The number of hydrogen-bond acceptors (Lipinski definition) is 4. The number of rotatable bonds is 7. The van der Waals surface area contributed by atoms with Gasteiger partial charge in [-0.1, -0.05) is 0 Å². The Morgan fingerprint density at radius 1 is 1.33 bits per heavy atom. The second kappa shape index (κ2) is 8.61. The SMILES string of the molecule is CC(=O)NCCN(C(=O)C1CCN(c2ccc(F)cc2)C1=O)C(C)C(=O)O. The van der Waals surface area contributed by atoms with Crippen molar-refractivity contribution in [2.45, 2.75) is 26.3 Å². The van der Waals surface area contributed by atoms with Crippen LogP contribution in [-0.4, -0.2) is 59.4 Å². The summed E-state index contributed by atoms with van der Waals surface area (Å²) in [7, 11) is 0. The first-order valence-electron chi connectivity index (χ1n) is 8.57. The van der Waals surface area contributed by atoms with Gasteiger partial charge in [-0.05, 0) is 37.6 Å². The van der Waals surface area contributed by atoms with Crippen LogP contribution in [0.15, 0.2) is 24.3 Å². The van der Waals surface area contributed by atoms with Crippen molar-refractivity contribution < 1.29 is 28.7 Å². The number of nitrogens with one attached hydrogen (secondary N) is 1. The van der Waals surface area contributed by atoms with Gasteiger partial charge in [-0.15, -0.1) is 0 Å². The van der Waals surface area contributed by atoms with Crippen LogP contribution in [0.5, 0.6) is 0 Å². The summed E-state index contributed by atoms with van der Waals surface area (Å²) < 4.78 is 13.1. The van der Waals surface area contributed by atoms with Crippen molar-refractivity contribution in [2.75, 3.05) is 24.5 Å². The number of aliphatic carboxylic acids is 1. The molecule has 1 heterocycles. The van der Waals surface area contributed by atoms with Crippen molar-refractivity contribution >= 4 is 29.4 Å². The number of amides is 3. The standard InChI is InChI=1S/C18H22FN3O5/c1-11(18(26)27)21(10-8-20-12(2)23)16(24)15-7-9-22(17(15)25)14-5-3-13(19)4-6-14/h3-6,11,15H,7-10H2,1-2H3,(H,20,23)(H,26,27). The van der Waals surface area contributed by atoms with Gasteiger partial charge in [0, 0.05) is 32.2 Å². The van der Waals surface area contributed by atoms with E-state index in [0.29, 0.717) is 5.69 Å². The monoisotopic (exact) mass is 379 g/mol. The molecule has 0 spiro atoms. The van der Waals surface area contributed by atoms with Crippen LogP contribution in [0.25, 0.3) is 0 Å². The third-order valence-corrected chi connectivity index (χ3v) is 4.48. The lowest BCUT2D eigenvalue weighted by Gasteiger charge is -2.28. The molecule has 0 radical (unpaired) electrons. The molecular formula is C18H22FN3O5. The van der Waals surface area contributed by atoms with Gasteiger partial charge in [0.1, 0.15) is 17.8 Å². The minimum Gasteiger partial charge on any atom is -0.480 e. The van der Waals surface area contributed by atoms with Gasteiger partial charge in [0.15, 0.2) is 0 Å². The van der Waals surface area contributed by atoms with Crippen LogP contribution in [0, 0.1) is 11.7 Å². The number of carbonyl (C=O) groups is 4. The third-order valence-electron chi connectivity index (χ3n) is 4.48. The Morgan fingerprint density at radius 2 is 1.96 bits per heavy atom. The van der Waals surface area contributed by atoms with E-state index in [0.717, 1.165) is 4.90 Å². The van der Waals surface area contributed by atoms with Gasteiger partial charge >= 0.3 is 5.97 Å². The molecule has 1 aliphatic heterocycles. The van der Waals surface area contributed by atoms with Crippen molar-refractivity contribution in [3.8, 4) is 0 Å². The fraction of sp³-hybridized carbons (Fsp3) is 0.444. The molecule has 0 saturated carbocycles. The first kappa shape index (κ1) is 20.3. The summed E-state index contributed by atoms with van der Waals surface area (Å²) >= 11 is 0. The van der Waals surface area contributed by atoms with Gasteiger partial charge in [0.25, 0.3) is 0 Å². The van der Waals surface area contributed by atoms with E-state index in [1.54, 1.807) is 0 Å². The molecule has 0 aromatic heterocycles. The highest BCUT2D eigenvalue weighted by Crippen LogP contribution is 2.27. The van der Waals surface area contributed by atoms with Crippen molar-refractivity contribution in [2.24, 2.45) is 5.92 Å². The van der Waals surface area contributed by atoms with Crippen molar-refractivity contribution in [3.05, 3.63) is 30.1 Å². The van der Waals surface area contributed by atoms with Crippen LogP contribution in [0.2, 0.25) is 0 Å². The van der Waals surface area contributed by atoms with E-state index in [2.05, 4.69) is 5.32 Å². The van der Waals surface area contributed by atoms with E-state index in [1.165, 1.54) is 43.0 Å². The summed E-state index contributed by atoms with van der Waals surface area (Å²) in [5, 5.41) is 11.8. The zero-order chi connectivity index (χ0) is 20.1. The summed E-state index contributed by atoms with van der Waals surface area (Å²) in [4.78, 5) is 50.4. The zero-order valence-corrected chi connectivity index (χ0v) is 15.1. The third kappa shape index (κ3) is 4.81. The van der Waals surface area contributed by atoms with E-state index in [1.807, 2.05) is 0 Å². The molecule has 1 aromatic rings. The fourth-order valence-electron chi connectivity index (χ4n) is 2.97. The Morgan fingerprint density at radius 3 is 2.52 bits per heavy atom. The van der Waals surface area contributed by atoms with Gasteiger partial charge in [-0.3, -0.25) is 14.4 Å². The molecule has 1 aliphatic rings. The summed E-state index contributed by atoms with van der Waals surface area (Å²) in [5.74, 6) is -3.98. The molecule has 2 unspecified atom stereocenters. The molecule has 1 saturated heterocycles. The quantitative estimate of drug-likeness (QED) is 0.676. The number of nitrogens with zero attached hydrogens (tertiary/aromatic N) is 2. The van der Waals surface area contributed by atoms with Gasteiger partial charge in [0.05, 0.1) is 0 Å². The molecule has 0 bridgehead atoms. The Hall–Kier alpha value is -2.97. The number of carboxylic acids is 1. The maximum atomic E-state index is 13.1. The first-order chi connectivity index (χ1) is 12.7. The largest absolute Gasteiger partial charge is 0.480 e. The minimum absolute atomic E-state index is 0.0216. The molecule has 2 N–H and O–H groups in total. The predicted molar refractivity (Wildman–Crippen MR) is 94.4 cm³/mol. The highest BCUT2D eigenvalue weighted by Gasteiger charge is 2.41. The number of halogens is 1. The average molecular weight is 379 g/mol. The highest BCUT2D eigenvalue weighted by atomic mass is 19.1. The topological polar surface area (TPSA) is 107 Å². The van der Waals surface area contributed by atoms with Gasteiger partial charge < -0.3 is 20.2 Å². The summed E-state index contributed by atoms with van der Waals surface area (Å²) in [6.45, 7) is 3.01. The maximum absolute atomic E-state index is 13.1. The number of carbonyl (C=O) groups excluding carboxylic acids is 3. The predicted octanol–water partition coefficient (Wildman–Crippen LogP) is 0.616. The lowest BCUT2D eigenvalue weighted by molar-refractivity contribution is -0.152. The van der Waals surface area contributed by atoms with E-state index >= 15 is 0 Å². The molecule has 9 heteroatoms. The minimum atomic E-state index is -1.20. The fourth-order valence-corrected chi connectivity index (χ4v) is 2.97. The summed E-state index contributed by atoms with van der Waals surface area (Å²) in [6, 6.07) is 4.22. The highest BCUT2D eigenvalue weighted by molar-refractivity contribution is 6.10. The molecule has 2 rings (SSSR count). The van der Waals surface area contributed by atoms with E-state index in [4.69, 9.17) is 0 Å². The van der Waals surface area contributed by atoms with Crippen LogP contribution >= 0.6 is 0 Å². The smallest absolute Gasteiger partial charge is 0.326 e. The van der Waals surface area contributed by atoms with Gasteiger partial charge in [-0.2, -0.15) is 0 Å². The molecule has 0 aliphatic carbocycles. The first-order valence-corrected chi connectivity index (χ1v) is 8.57. The van der Waals surface area contributed by atoms with Gasteiger partial charge in [0.2, 0.25) is 17.7 Å². The van der Waals surface area contributed by atoms with Crippen LogP contribution < -0.4 is 10.2 Å². The number of anilines is 1. The van der Waals surface area contributed by atoms with Crippen molar-refractivity contribution in [1.29, 1.82) is 0 Å². The Labute approximate surface area is 155 Å². The zero-order valence-electron chi connectivity index (χ0n) is 15.1. The number of benzene rings is 1. The van der Waals surface area contributed by atoms with E-state index in [-0.39, 0.29) is 32.0 Å². The average Bonchev–Trinajstić information content (AvgIpc) is 2.99. The second-order valence-electron chi connectivity index (χ2n) is 6.34. The van der Waals surface area contributed by atoms with Crippen LogP contribution in [0.4, 0.5) is 10.1 Å². The Kier molecular flexibility index (Phi) is 6.49. The van der Waals surface area contributed by atoms with E-state index in [9.17, 15) is 28.7 Å². The van der Waals surface area contributed by atoms with Crippen LogP contribution in [-0.2, 0) is 19.2 Å². The molecule has 1 fully saturated rings. The second-order valence-corrected chi connectivity index (χ2v) is 6.34. The van der Waals surface area contributed by atoms with Crippen LogP contribution in [0.3, 0.4) is 0 Å². The molecule has 146 valence electrons. The molecule has 8 nitrogen and oxygen atoms in total. The molecule has 1 aromatic carbocycles. The Bertz CT molecular complexity index is 737. The molecule has 2 atom stereocenters. The van der Waals surface area contributed by atoms with Crippen molar-refractivity contribution in [1.82, 2.24) is 10.2 Å². The summed E-state index contributed by atoms with van der Waals surface area (Å²) in [6.07, 6.45) is 0.234. The molecule has 3 amide bonds. The van der Waals surface area contributed by atoms with E-state index < -0.39 is 35.6 Å². The lowest BCUT2D eigenvalue weighted by Crippen LogP contribution is -2.50. The Balaban J connectivity index is 2.14. The number of carboxylic acid groups (broad SMARTS) is 1. The summed E-state index contributed by atoms with van der Waals surface area (Å²) in [5.41, 5.74) is 0.479. The van der Waals surface area contributed by atoms with Crippen LogP contribution in [0.1, 0.15) is 20.3 Å².